The molecule has 0 bridgehead atoms. The summed E-state index contributed by atoms with van der Waals surface area (Å²) in [6, 6.07) is 6.55. The van der Waals surface area contributed by atoms with Crippen LogP contribution in [0.15, 0.2) is 41.6 Å². The molecule has 1 aromatic carbocycles. The van der Waals surface area contributed by atoms with Crippen LogP contribution in [0.25, 0.3) is 5.78 Å². The molecule has 0 saturated carbocycles. The third-order valence-corrected chi connectivity index (χ3v) is 6.55. The van der Waals surface area contributed by atoms with Gasteiger partial charge in [0.05, 0.1) is 0 Å². The molecule has 1 saturated heterocycles. The summed E-state index contributed by atoms with van der Waals surface area (Å²) < 4.78 is 70.6. The average molecular weight is 442 g/mol. The minimum absolute atomic E-state index is 0.0836. The molecule has 30 heavy (non-hydrogen) atoms. The maximum Gasteiger partial charge on any atom is 0.573 e. The highest BCUT2D eigenvalue weighted by atomic mass is 32.2. The van der Waals surface area contributed by atoms with E-state index in [0.29, 0.717) is 24.7 Å². The van der Waals surface area contributed by atoms with Crippen molar-refractivity contribution in [2.24, 2.45) is 0 Å². The minimum atomic E-state index is -4.99. The monoisotopic (exact) mass is 442 g/mol. The van der Waals surface area contributed by atoms with Gasteiger partial charge in [-0.15, -0.1) is 13.2 Å². The predicted octanol–water partition coefficient (Wildman–Crippen LogP) is 1.84. The number of hydrogen-bond acceptors (Lipinski definition) is 7. The molecule has 9 nitrogen and oxygen atoms in total. The summed E-state index contributed by atoms with van der Waals surface area (Å²) in [4.78, 5) is 9.76. The highest BCUT2D eigenvalue weighted by Gasteiger charge is 2.36. The molecule has 1 aliphatic heterocycles. The van der Waals surface area contributed by atoms with Crippen LogP contribution in [-0.4, -0.2) is 64.8 Å². The zero-order valence-electron chi connectivity index (χ0n) is 15.7. The van der Waals surface area contributed by atoms with E-state index < -0.39 is 27.0 Å². The summed E-state index contributed by atoms with van der Waals surface area (Å²) in [5.74, 6) is 0.396. The lowest BCUT2D eigenvalue weighted by molar-refractivity contribution is -0.275. The minimum Gasteiger partial charge on any atom is -0.404 e. The lowest BCUT2D eigenvalue weighted by Crippen LogP contribution is -2.49. The number of sulfonamides is 1. The van der Waals surface area contributed by atoms with Crippen molar-refractivity contribution in [2.45, 2.75) is 18.2 Å². The van der Waals surface area contributed by atoms with Crippen molar-refractivity contribution in [1.82, 2.24) is 23.9 Å². The predicted molar refractivity (Wildman–Crippen MR) is 99.6 cm³/mol. The lowest BCUT2D eigenvalue weighted by Gasteiger charge is -2.35. The number of hydrogen-bond donors (Lipinski definition) is 0. The highest BCUT2D eigenvalue weighted by molar-refractivity contribution is 7.89. The summed E-state index contributed by atoms with van der Waals surface area (Å²) in [7, 11) is -4.18. The molecule has 3 aromatic rings. The number of piperazine rings is 1. The molecule has 1 aliphatic rings. The van der Waals surface area contributed by atoms with Gasteiger partial charge in [0, 0.05) is 37.9 Å². The Labute approximate surface area is 169 Å². The van der Waals surface area contributed by atoms with Crippen molar-refractivity contribution in [3.05, 3.63) is 42.4 Å². The standard InChI is InChI=1S/C17H17F3N6O3S/c1-12-10-15(26-16(23-12)21-11-22-26)24-6-8-25(9-7-24)30(27,28)14-5-3-2-4-13(14)29-17(18,19)20/h2-5,10-11H,6-9H2,1H3. The second-order valence-electron chi connectivity index (χ2n) is 6.61. The Morgan fingerprint density at radius 2 is 1.80 bits per heavy atom. The van der Waals surface area contributed by atoms with Crippen molar-refractivity contribution in [3.8, 4) is 5.75 Å². The highest BCUT2D eigenvalue weighted by Crippen LogP contribution is 2.32. The van der Waals surface area contributed by atoms with Crippen LogP contribution in [0.2, 0.25) is 0 Å². The van der Waals surface area contributed by atoms with Gasteiger partial charge in [-0.25, -0.2) is 13.4 Å². The summed E-state index contributed by atoms with van der Waals surface area (Å²) in [6.07, 6.45) is -3.61. The third-order valence-electron chi connectivity index (χ3n) is 4.62. The van der Waals surface area contributed by atoms with Gasteiger partial charge in [0.25, 0.3) is 5.78 Å². The number of nitrogens with zero attached hydrogens (tertiary/aromatic N) is 6. The largest absolute Gasteiger partial charge is 0.573 e. The first-order valence-electron chi connectivity index (χ1n) is 8.92. The molecular formula is C17H17F3N6O3S. The Morgan fingerprint density at radius 1 is 1.10 bits per heavy atom. The van der Waals surface area contributed by atoms with Gasteiger partial charge in [-0.05, 0) is 19.1 Å². The lowest BCUT2D eigenvalue weighted by atomic mass is 10.3. The third kappa shape index (κ3) is 3.89. The fourth-order valence-corrected chi connectivity index (χ4v) is 4.84. The zero-order valence-corrected chi connectivity index (χ0v) is 16.6. The van der Waals surface area contributed by atoms with E-state index in [1.54, 1.807) is 4.52 Å². The number of para-hydroxylation sites is 1. The summed E-state index contributed by atoms with van der Waals surface area (Å²) in [5, 5.41) is 4.14. The Hall–Kier alpha value is -2.93. The molecule has 0 spiro atoms. The Balaban J connectivity index is 1.56. The number of aryl methyl sites for hydroxylation is 1. The van der Waals surface area contributed by atoms with E-state index in [2.05, 4.69) is 19.8 Å². The number of aromatic nitrogens is 4. The second-order valence-corrected chi connectivity index (χ2v) is 8.52. The number of alkyl halides is 3. The van der Waals surface area contributed by atoms with Gasteiger partial charge in [0.1, 0.15) is 22.8 Å². The molecule has 160 valence electrons. The summed E-state index contributed by atoms with van der Waals surface area (Å²) >= 11 is 0. The average Bonchev–Trinajstić information content (AvgIpc) is 3.15. The van der Waals surface area contributed by atoms with E-state index in [1.165, 1.54) is 18.5 Å². The van der Waals surface area contributed by atoms with Crippen molar-refractivity contribution in [1.29, 1.82) is 0 Å². The van der Waals surface area contributed by atoms with Crippen LogP contribution in [0.5, 0.6) is 5.75 Å². The molecule has 0 aliphatic carbocycles. The molecule has 0 amide bonds. The number of fused-ring (bicyclic) bond motifs is 1. The van der Waals surface area contributed by atoms with Crippen LogP contribution in [-0.2, 0) is 10.0 Å². The maximum absolute atomic E-state index is 13.0. The number of halogens is 3. The van der Waals surface area contributed by atoms with E-state index >= 15 is 0 Å². The van der Waals surface area contributed by atoms with Gasteiger partial charge in [-0.2, -0.15) is 18.9 Å². The molecule has 0 unspecified atom stereocenters. The number of ether oxygens (including phenoxy) is 1. The Bertz CT molecular complexity index is 1170. The first-order chi connectivity index (χ1) is 14.1. The van der Waals surface area contributed by atoms with Crippen LogP contribution in [0.1, 0.15) is 5.69 Å². The van der Waals surface area contributed by atoms with E-state index in [4.69, 9.17) is 0 Å². The topological polar surface area (TPSA) is 92.9 Å². The number of anilines is 1. The van der Waals surface area contributed by atoms with Gasteiger partial charge in [-0.3, -0.25) is 0 Å². The molecule has 0 atom stereocenters. The molecule has 2 aromatic heterocycles. The van der Waals surface area contributed by atoms with Crippen LogP contribution in [0.4, 0.5) is 19.0 Å². The molecule has 3 heterocycles. The van der Waals surface area contributed by atoms with Gasteiger partial charge in [0.15, 0.2) is 0 Å². The van der Waals surface area contributed by atoms with Crippen molar-refractivity contribution in [3.63, 3.8) is 0 Å². The van der Waals surface area contributed by atoms with E-state index in [9.17, 15) is 21.6 Å². The first-order valence-corrected chi connectivity index (χ1v) is 10.4. The van der Waals surface area contributed by atoms with Gasteiger partial charge in [-0.1, -0.05) is 12.1 Å². The molecule has 13 heteroatoms. The van der Waals surface area contributed by atoms with Crippen molar-refractivity contribution < 1.29 is 26.3 Å². The van der Waals surface area contributed by atoms with E-state index in [0.717, 1.165) is 22.1 Å². The number of benzene rings is 1. The van der Waals surface area contributed by atoms with Crippen molar-refractivity contribution >= 4 is 21.6 Å². The summed E-state index contributed by atoms with van der Waals surface area (Å²) in [6.45, 7) is 2.62. The van der Waals surface area contributed by atoms with E-state index in [1.807, 2.05) is 17.9 Å². The molecule has 4 rings (SSSR count). The Kier molecular flexibility index (Phi) is 5.02. The smallest absolute Gasteiger partial charge is 0.404 e. The fraction of sp³-hybridized carbons (Fsp3) is 0.353. The van der Waals surface area contributed by atoms with Gasteiger partial charge < -0.3 is 9.64 Å². The van der Waals surface area contributed by atoms with Crippen LogP contribution < -0.4 is 9.64 Å². The van der Waals surface area contributed by atoms with Gasteiger partial charge >= 0.3 is 6.36 Å². The number of rotatable bonds is 4. The first kappa shape index (κ1) is 20.3. The van der Waals surface area contributed by atoms with Crippen LogP contribution in [0, 0.1) is 6.92 Å². The zero-order chi connectivity index (χ0) is 21.5. The van der Waals surface area contributed by atoms with E-state index in [-0.39, 0.29) is 13.1 Å². The van der Waals surface area contributed by atoms with Crippen molar-refractivity contribution in [2.75, 3.05) is 31.1 Å². The molecule has 0 N–H and O–H groups in total. The van der Waals surface area contributed by atoms with Gasteiger partial charge in [0.2, 0.25) is 10.0 Å². The summed E-state index contributed by atoms with van der Waals surface area (Å²) in [5.41, 5.74) is 0.735. The quantitative estimate of drug-likeness (QED) is 0.609. The normalized spacial score (nSPS) is 16.2. The van der Waals surface area contributed by atoms with Crippen LogP contribution >= 0.6 is 0 Å². The molecular weight excluding hydrogens is 425 g/mol. The molecule has 0 radical (unpaired) electrons. The van der Waals surface area contributed by atoms with Crippen LogP contribution in [0.3, 0.4) is 0 Å². The second kappa shape index (κ2) is 7.40. The fourth-order valence-electron chi connectivity index (χ4n) is 3.31. The SMILES string of the molecule is Cc1cc(N2CCN(S(=O)(=O)c3ccccc3OC(F)(F)F)CC2)n2ncnc2n1. The Morgan fingerprint density at radius 3 is 2.50 bits per heavy atom. The molecule has 1 fully saturated rings. The maximum atomic E-state index is 13.0.